The summed E-state index contributed by atoms with van der Waals surface area (Å²) in [6, 6.07) is 0. The number of aryl methyl sites for hydroxylation is 1. The summed E-state index contributed by atoms with van der Waals surface area (Å²) < 4.78 is 5.36. The minimum Gasteiger partial charge on any atom is -0.339 e. The van der Waals surface area contributed by atoms with E-state index in [0.717, 1.165) is 56.0 Å². The summed E-state index contributed by atoms with van der Waals surface area (Å²) in [5, 5.41) is 7.47. The molecule has 4 rings (SSSR count). The molecule has 2 aromatic heterocycles. The molecule has 7 heteroatoms. The van der Waals surface area contributed by atoms with Crippen LogP contribution in [0.2, 0.25) is 0 Å². The van der Waals surface area contributed by atoms with Gasteiger partial charge in [-0.2, -0.15) is 4.98 Å². The normalized spacial score (nSPS) is 20.7. The molecule has 0 aromatic carbocycles. The van der Waals surface area contributed by atoms with Gasteiger partial charge in [0.25, 0.3) is 0 Å². The first-order chi connectivity index (χ1) is 11.3. The van der Waals surface area contributed by atoms with Crippen molar-refractivity contribution < 1.29 is 4.52 Å². The fourth-order valence-corrected chi connectivity index (χ4v) is 3.68. The van der Waals surface area contributed by atoms with Crippen molar-refractivity contribution in [3.8, 4) is 0 Å². The zero-order chi connectivity index (χ0) is 15.6. The Hall–Kier alpha value is -1.31. The van der Waals surface area contributed by atoms with Crippen molar-refractivity contribution in [1.29, 1.82) is 0 Å². The number of nitrogens with zero attached hydrogens (tertiary/aromatic N) is 5. The Morgan fingerprint density at radius 3 is 2.61 bits per heavy atom. The molecule has 0 amide bonds. The van der Waals surface area contributed by atoms with Crippen molar-refractivity contribution in [2.45, 2.75) is 45.2 Å². The molecule has 0 N–H and O–H groups in total. The second-order valence-corrected chi connectivity index (χ2v) is 7.65. The van der Waals surface area contributed by atoms with Gasteiger partial charge in [0.15, 0.2) is 5.82 Å². The lowest BCUT2D eigenvalue weighted by Crippen LogP contribution is -2.30. The van der Waals surface area contributed by atoms with Gasteiger partial charge in [0.1, 0.15) is 0 Å². The van der Waals surface area contributed by atoms with Crippen LogP contribution in [0.3, 0.4) is 0 Å². The molecule has 23 heavy (non-hydrogen) atoms. The second kappa shape index (κ2) is 6.67. The van der Waals surface area contributed by atoms with Gasteiger partial charge in [-0.25, -0.2) is 4.98 Å². The SMILES string of the molecule is Cc1nc(CN2CCCN(Cc3noc(C4CC4)n3)CC2)cs1. The van der Waals surface area contributed by atoms with Crippen LogP contribution in [0, 0.1) is 6.92 Å². The van der Waals surface area contributed by atoms with Crippen LogP contribution < -0.4 is 0 Å². The highest BCUT2D eigenvalue weighted by atomic mass is 32.1. The van der Waals surface area contributed by atoms with E-state index in [4.69, 9.17) is 4.52 Å². The minimum absolute atomic E-state index is 0.539. The summed E-state index contributed by atoms with van der Waals surface area (Å²) in [5.41, 5.74) is 1.20. The van der Waals surface area contributed by atoms with Gasteiger partial charge in [-0.1, -0.05) is 5.16 Å². The molecule has 3 heterocycles. The van der Waals surface area contributed by atoms with Gasteiger partial charge in [-0.15, -0.1) is 11.3 Å². The van der Waals surface area contributed by atoms with Gasteiger partial charge in [-0.3, -0.25) is 9.80 Å². The first kappa shape index (κ1) is 15.2. The van der Waals surface area contributed by atoms with E-state index in [1.807, 2.05) is 0 Å². The second-order valence-electron chi connectivity index (χ2n) is 6.59. The van der Waals surface area contributed by atoms with Crippen molar-refractivity contribution in [1.82, 2.24) is 24.9 Å². The predicted molar refractivity (Wildman–Crippen MR) is 88.3 cm³/mol. The minimum atomic E-state index is 0.539. The summed E-state index contributed by atoms with van der Waals surface area (Å²) in [5.74, 6) is 2.23. The Morgan fingerprint density at radius 1 is 1.13 bits per heavy atom. The first-order valence-electron chi connectivity index (χ1n) is 8.44. The van der Waals surface area contributed by atoms with Gasteiger partial charge in [-0.05, 0) is 39.3 Å². The number of thiazole rings is 1. The number of hydrogen-bond donors (Lipinski definition) is 0. The van der Waals surface area contributed by atoms with Crippen molar-refractivity contribution in [2.24, 2.45) is 0 Å². The molecule has 2 aromatic rings. The van der Waals surface area contributed by atoms with Crippen molar-refractivity contribution in [3.05, 3.63) is 27.8 Å². The Bertz CT molecular complexity index is 650. The Balaban J connectivity index is 1.29. The van der Waals surface area contributed by atoms with E-state index < -0.39 is 0 Å². The number of hydrogen-bond acceptors (Lipinski definition) is 7. The van der Waals surface area contributed by atoms with Gasteiger partial charge < -0.3 is 4.52 Å². The van der Waals surface area contributed by atoms with Gasteiger partial charge in [0.05, 0.1) is 17.2 Å². The molecule has 1 saturated heterocycles. The fourth-order valence-electron chi connectivity index (χ4n) is 3.08. The quantitative estimate of drug-likeness (QED) is 0.837. The maximum Gasteiger partial charge on any atom is 0.229 e. The molecule has 0 spiro atoms. The molecule has 1 saturated carbocycles. The summed E-state index contributed by atoms with van der Waals surface area (Å²) in [4.78, 5) is 14.1. The lowest BCUT2D eigenvalue weighted by molar-refractivity contribution is 0.240. The highest BCUT2D eigenvalue weighted by Crippen LogP contribution is 2.38. The van der Waals surface area contributed by atoms with Crippen LogP contribution in [0.15, 0.2) is 9.90 Å². The third-order valence-corrected chi connectivity index (χ3v) is 5.33. The van der Waals surface area contributed by atoms with Crippen LogP contribution in [0.5, 0.6) is 0 Å². The largest absolute Gasteiger partial charge is 0.339 e. The van der Waals surface area contributed by atoms with Crippen LogP contribution in [0.1, 0.15) is 47.6 Å². The van der Waals surface area contributed by atoms with E-state index in [-0.39, 0.29) is 0 Å². The summed E-state index contributed by atoms with van der Waals surface area (Å²) >= 11 is 1.74. The Morgan fingerprint density at radius 2 is 1.91 bits per heavy atom. The zero-order valence-electron chi connectivity index (χ0n) is 13.6. The fraction of sp³-hybridized carbons (Fsp3) is 0.688. The highest BCUT2D eigenvalue weighted by Gasteiger charge is 2.29. The summed E-state index contributed by atoms with van der Waals surface area (Å²) in [7, 11) is 0. The average molecular weight is 333 g/mol. The summed E-state index contributed by atoms with van der Waals surface area (Å²) in [6.07, 6.45) is 3.59. The third kappa shape index (κ3) is 3.97. The zero-order valence-corrected chi connectivity index (χ0v) is 14.4. The van der Waals surface area contributed by atoms with Crippen molar-refractivity contribution in [2.75, 3.05) is 26.2 Å². The van der Waals surface area contributed by atoms with E-state index in [9.17, 15) is 0 Å². The van der Waals surface area contributed by atoms with Crippen molar-refractivity contribution >= 4 is 11.3 Å². The molecule has 0 unspecified atom stereocenters. The standard InChI is InChI=1S/C16H23N5OS/c1-12-17-14(11-23-12)9-20-5-2-6-21(8-7-20)10-15-18-16(22-19-15)13-3-4-13/h11,13H,2-10H2,1H3. The molecule has 1 aliphatic heterocycles. The molecule has 1 aliphatic carbocycles. The predicted octanol–water partition coefficient (Wildman–Crippen LogP) is 2.42. The lowest BCUT2D eigenvalue weighted by atomic mass is 10.3. The first-order valence-corrected chi connectivity index (χ1v) is 9.32. The molecule has 2 aliphatic rings. The monoisotopic (exact) mass is 333 g/mol. The van der Waals surface area contributed by atoms with E-state index >= 15 is 0 Å². The molecule has 0 radical (unpaired) electrons. The molecule has 2 fully saturated rings. The van der Waals surface area contributed by atoms with Gasteiger partial charge >= 0.3 is 0 Å². The third-order valence-electron chi connectivity index (χ3n) is 4.51. The Kier molecular flexibility index (Phi) is 4.41. The molecular weight excluding hydrogens is 310 g/mol. The Labute approximate surface area is 140 Å². The van der Waals surface area contributed by atoms with Crippen LogP contribution in [0.25, 0.3) is 0 Å². The van der Waals surface area contributed by atoms with Crippen molar-refractivity contribution in [3.63, 3.8) is 0 Å². The lowest BCUT2D eigenvalue weighted by Gasteiger charge is -2.20. The van der Waals surface area contributed by atoms with E-state index in [1.54, 1.807) is 11.3 Å². The van der Waals surface area contributed by atoms with E-state index in [1.165, 1.54) is 25.0 Å². The molecule has 0 bridgehead atoms. The highest BCUT2D eigenvalue weighted by molar-refractivity contribution is 7.09. The molecule has 6 nitrogen and oxygen atoms in total. The van der Waals surface area contributed by atoms with E-state index in [0.29, 0.717) is 5.92 Å². The molecule has 124 valence electrons. The number of rotatable bonds is 5. The summed E-state index contributed by atoms with van der Waals surface area (Å²) in [6.45, 7) is 8.19. The number of aromatic nitrogens is 3. The van der Waals surface area contributed by atoms with Gasteiger partial charge in [0.2, 0.25) is 5.89 Å². The maximum atomic E-state index is 5.36. The molecular formula is C16H23N5OS. The van der Waals surface area contributed by atoms with Crippen LogP contribution in [0.4, 0.5) is 0 Å². The van der Waals surface area contributed by atoms with Crippen LogP contribution in [-0.2, 0) is 13.1 Å². The topological polar surface area (TPSA) is 58.3 Å². The van der Waals surface area contributed by atoms with Crippen LogP contribution >= 0.6 is 11.3 Å². The van der Waals surface area contributed by atoms with E-state index in [2.05, 4.69) is 37.2 Å². The maximum absolute atomic E-state index is 5.36. The molecule has 0 atom stereocenters. The van der Waals surface area contributed by atoms with Gasteiger partial charge in [0, 0.05) is 30.9 Å². The van der Waals surface area contributed by atoms with Crippen LogP contribution in [-0.4, -0.2) is 51.1 Å². The smallest absolute Gasteiger partial charge is 0.229 e. The average Bonchev–Trinajstić information content (AvgIpc) is 3.21.